The molecule has 0 unspecified atom stereocenters. The second-order valence-corrected chi connectivity index (χ2v) is 7.66. The van der Waals surface area contributed by atoms with Crippen LogP contribution in [-0.2, 0) is 26.1 Å². The van der Waals surface area contributed by atoms with Crippen molar-refractivity contribution in [2.45, 2.75) is 18.4 Å². The molecule has 0 amide bonds. The Labute approximate surface area is 146 Å². The summed E-state index contributed by atoms with van der Waals surface area (Å²) < 4.78 is 31.4. The molecule has 5 nitrogen and oxygen atoms in total. The molecule has 24 heavy (non-hydrogen) atoms. The van der Waals surface area contributed by atoms with E-state index in [0.29, 0.717) is 5.02 Å². The highest BCUT2D eigenvalue weighted by molar-refractivity contribution is 7.89. The van der Waals surface area contributed by atoms with E-state index < -0.39 is 16.0 Å². The number of rotatable bonds is 6. The van der Waals surface area contributed by atoms with Crippen molar-refractivity contribution < 1.29 is 17.9 Å². The first-order valence-corrected chi connectivity index (χ1v) is 9.03. The lowest BCUT2D eigenvalue weighted by Crippen LogP contribution is -2.35. The number of carbonyl (C=O) groups excluding carboxylic acids is 1. The molecule has 7 heteroatoms. The van der Waals surface area contributed by atoms with Crippen LogP contribution in [0.2, 0.25) is 5.02 Å². The van der Waals surface area contributed by atoms with Crippen LogP contribution in [0.5, 0.6) is 0 Å². The molecule has 0 saturated carbocycles. The summed E-state index contributed by atoms with van der Waals surface area (Å²) in [5.74, 6) is -0.625. The van der Waals surface area contributed by atoms with Gasteiger partial charge in [-0.15, -0.1) is 0 Å². The van der Waals surface area contributed by atoms with Crippen molar-refractivity contribution >= 4 is 27.6 Å². The molecule has 0 radical (unpaired) electrons. The molecule has 128 valence electrons. The Morgan fingerprint density at radius 2 is 1.67 bits per heavy atom. The molecular weight excluding hydrogens is 350 g/mol. The molecule has 0 fully saturated rings. The van der Waals surface area contributed by atoms with Crippen LogP contribution in [0.15, 0.2) is 53.4 Å². The fourth-order valence-electron chi connectivity index (χ4n) is 2.09. The number of carbonyl (C=O) groups is 1. The van der Waals surface area contributed by atoms with Crippen molar-refractivity contribution in [1.29, 1.82) is 0 Å². The molecule has 0 saturated heterocycles. The van der Waals surface area contributed by atoms with Gasteiger partial charge in [0, 0.05) is 11.6 Å². The Balaban J connectivity index is 2.35. The van der Waals surface area contributed by atoms with E-state index in [0.717, 1.165) is 15.4 Å². The van der Waals surface area contributed by atoms with Gasteiger partial charge in [0.05, 0.1) is 12.0 Å². The average Bonchev–Trinajstić information content (AvgIpc) is 2.56. The van der Waals surface area contributed by atoms with E-state index in [4.69, 9.17) is 11.6 Å². The van der Waals surface area contributed by atoms with Crippen LogP contribution in [-0.4, -0.2) is 32.3 Å². The van der Waals surface area contributed by atoms with Gasteiger partial charge in [0.15, 0.2) is 0 Å². The Kier molecular flexibility index (Phi) is 5.99. The van der Waals surface area contributed by atoms with Gasteiger partial charge >= 0.3 is 5.97 Å². The molecular formula is C17H18ClNO4S. The van der Waals surface area contributed by atoms with Gasteiger partial charge in [-0.25, -0.2) is 8.42 Å². The fraction of sp³-hybridized carbons (Fsp3) is 0.235. The number of benzene rings is 2. The minimum atomic E-state index is -3.83. The normalized spacial score (nSPS) is 11.5. The Morgan fingerprint density at radius 1 is 1.08 bits per heavy atom. The number of methoxy groups -OCH3 is 1. The monoisotopic (exact) mass is 367 g/mol. The zero-order chi connectivity index (χ0) is 17.7. The third kappa shape index (κ3) is 4.56. The number of halogens is 1. The first-order chi connectivity index (χ1) is 11.3. The first-order valence-electron chi connectivity index (χ1n) is 7.21. The molecule has 2 aromatic rings. The van der Waals surface area contributed by atoms with Crippen LogP contribution in [0.4, 0.5) is 0 Å². The van der Waals surface area contributed by atoms with Crippen molar-refractivity contribution in [3.8, 4) is 0 Å². The summed E-state index contributed by atoms with van der Waals surface area (Å²) in [6, 6.07) is 13.3. The molecule has 0 aliphatic heterocycles. The zero-order valence-electron chi connectivity index (χ0n) is 13.4. The zero-order valence-corrected chi connectivity index (χ0v) is 15.0. The molecule has 0 bridgehead atoms. The van der Waals surface area contributed by atoms with Crippen molar-refractivity contribution in [3.05, 3.63) is 64.7 Å². The van der Waals surface area contributed by atoms with E-state index >= 15 is 0 Å². The largest absolute Gasteiger partial charge is 0.468 e. The van der Waals surface area contributed by atoms with Crippen molar-refractivity contribution in [2.75, 3.05) is 13.7 Å². The van der Waals surface area contributed by atoms with E-state index in [-0.39, 0.29) is 18.0 Å². The van der Waals surface area contributed by atoms with Crippen molar-refractivity contribution in [1.82, 2.24) is 4.31 Å². The maximum absolute atomic E-state index is 12.9. The highest BCUT2D eigenvalue weighted by Crippen LogP contribution is 2.20. The Morgan fingerprint density at radius 3 is 2.21 bits per heavy atom. The molecule has 0 spiro atoms. The van der Waals surface area contributed by atoms with Gasteiger partial charge in [0.1, 0.15) is 6.54 Å². The van der Waals surface area contributed by atoms with Crippen LogP contribution < -0.4 is 0 Å². The smallest absolute Gasteiger partial charge is 0.321 e. The van der Waals surface area contributed by atoms with E-state index in [1.165, 1.54) is 19.2 Å². The number of sulfonamides is 1. The minimum Gasteiger partial charge on any atom is -0.468 e. The molecule has 0 atom stereocenters. The number of aryl methyl sites for hydroxylation is 1. The van der Waals surface area contributed by atoms with Crippen LogP contribution in [0, 0.1) is 6.92 Å². The average molecular weight is 368 g/mol. The maximum atomic E-state index is 12.9. The van der Waals surface area contributed by atoms with Gasteiger partial charge < -0.3 is 4.74 Å². The highest BCUT2D eigenvalue weighted by atomic mass is 35.5. The second kappa shape index (κ2) is 7.79. The SMILES string of the molecule is COC(=O)CN(Cc1ccc(Cl)cc1)S(=O)(=O)c1ccc(C)cc1. The maximum Gasteiger partial charge on any atom is 0.321 e. The molecule has 0 aliphatic rings. The topological polar surface area (TPSA) is 63.7 Å². The lowest BCUT2D eigenvalue weighted by atomic mass is 10.2. The first kappa shape index (κ1) is 18.4. The lowest BCUT2D eigenvalue weighted by Gasteiger charge is -2.21. The lowest BCUT2D eigenvalue weighted by molar-refractivity contribution is -0.140. The molecule has 0 aliphatic carbocycles. The number of nitrogens with zero attached hydrogens (tertiary/aromatic N) is 1. The number of hydrogen-bond acceptors (Lipinski definition) is 4. The number of esters is 1. The molecule has 0 heterocycles. The molecule has 2 rings (SSSR count). The highest BCUT2D eigenvalue weighted by Gasteiger charge is 2.27. The second-order valence-electron chi connectivity index (χ2n) is 5.29. The molecule has 2 aromatic carbocycles. The molecule has 0 N–H and O–H groups in total. The predicted molar refractivity (Wildman–Crippen MR) is 92.2 cm³/mol. The summed E-state index contributed by atoms with van der Waals surface area (Å²) in [5, 5.41) is 0.555. The van der Waals surface area contributed by atoms with Crippen LogP contribution in [0.3, 0.4) is 0 Å². The van der Waals surface area contributed by atoms with E-state index in [1.54, 1.807) is 36.4 Å². The van der Waals surface area contributed by atoms with E-state index in [9.17, 15) is 13.2 Å². The Bertz CT molecular complexity index is 801. The van der Waals surface area contributed by atoms with Crippen molar-refractivity contribution in [3.63, 3.8) is 0 Å². The summed E-state index contributed by atoms with van der Waals surface area (Å²) in [5.41, 5.74) is 1.67. The van der Waals surface area contributed by atoms with Crippen LogP contribution >= 0.6 is 11.6 Å². The number of hydrogen-bond donors (Lipinski definition) is 0. The quantitative estimate of drug-likeness (QED) is 0.736. The number of ether oxygens (including phenoxy) is 1. The molecule has 0 aromatic heterocycles. The van der Waals surface area contributed by atoms with Gasteiger partial charge in [-0.1, -0.05) is 41.4 Å². The minimum absolute atomic E-state index is 0.0441. The third-order valence-corrected chi connectivity index (χ3v) is 5.52. The summed E-state index contributed by atoms with van der Waals surface area (Å²) in [6.07, 6.45) is 0. The van der Waals surface area contributed by atoms with Gasteiger partial charge in [0.25, 0.3) is 0 Å². The van der Waals surface area contributed by atoms with E-state index in [1.807, 2.05) is 6.92 Å². The fourth-order valence-corrected chi connectivity index (χ4v) is 3.59. The van der Waals surface area contributed by atoms with E-state index in [2.05, 4.69) is 4.74 Å². The van der Waals surface area contributed by atoms with Crippen LogP contribution in [0.25, 0.3) is 0 Å². The van der Waals surface area contributed by atoms with Gasteiger partial charge in [-0.2, -0.15) is 4.31 Å². The summed E-state index contributed by atoms with van der Waals surface area (Å²) in [6.45, 7) is 1.55. The van der Waals surface area contributed by atoms with Gasteiger partial charge in [0.2, 0.25) is 10.0 Å². The predicted octanol–water partition coefficient (Wildman–Crippen LogP) is 3.01. The van der Waals surface area contributed by atoms with Gasteiger partial charge in [-0.3, -0.25) is 4.79 Å². The standard InChI is InChI=1S/C17H18ClNO4S/c1-13-3-9-16(10-4-13)24(21,22)19(12-17(20)23-2)11-14-5-7-15(18)8-6-14/h3-10H,11-12H2,1-2H3. The summed E-state index contributed by atoms with van der Waals surface area (Å²) in [7, 11) is -2.61. The van der Waals surface area contributed by atoms with Crippen LogP contribution in [0.1, 0.15) is 11.1 Å². The van der Waals surface area contributed by atoms with Crippen molar-refractivity contribution in [2.24, 2.45) is 0 Å². The summed E-state index contributed by atoms with van der Waals surface area (Å²) in [4.78, 5) is 11.8. The van der Waals surface area contributed by atoms with Gasteiger partial charge in [-0.05, 0) is 36.8 Å². The Hall–Kier alpha value is -1.89. The summed E-state index contributed by atoms with van der Waals surface area (Å²) >= 11 is 5.85. The third-order valence-electron chi connectivity index (χ3n) is 3.46.